The van der Waals surface area contributed by atoms with Crippen molar-refractivity contribution in [2.24, 2.45) is 0 Å². The second-order valence-electron chi connectivity index (χ2n) is 6.41. The van der Waals surface area contributed by atoms with E-state index in [1.165, 1.54) is 4.31 Å². The van der Waals surface area contributed by atoms with Crippen molar-refractivity contribution in [3.05, 3.63) is 70.2 Å². The van der Waals surface area contributed by atoms with Gasteiger partial charge < -0.3 is 4.90 Å². The number of amides is 1. The molecule has 2 aromatic rings. The first-order chi connectivity index (χ1) is 12.4. The first kappa shape index (κ1) is 18.9. The molecule has 138 valence electrons. The molecule has 1 saturated heterocycles. The fraction of sp³-hybridized carbons (Fsp3) is 0.316. The predicted octanol–water partition coefficient (Wildman–Crippen LogP) is 2.94. The molecule has 3 rings (SSSR count). The Morgan fingerprint density at radius 2 is 1.73 bits per heavy atom. The molecule has 2 aromatic carbocycles. The molecule has 0 aromatic heterocycles. The molecule has 0 spiro atoms. The highest BCUT2D eigenvalue weighted by atomic mass is 35.5. The molecule has 1 fully saturated rings. The van der Waals surface area contributed by atoms with Gasteiger partial charge in [0.1, 0.15) is 0 Å². The minimum Gasteiger partial charge on any atom is -0.336 e. The zero-order chi connectivity index (χ0) is 18.7. The summed E-state index contributed by atoms with van der Waals surface area (Å²) in [4.78, 5) is 14.3. The van der Waals surface area contributed by atoms with E-state index >= 15 is 0 Å². The summed E-state index contributed by atoms with van der Waals surface area (Å²) in [5.74, 6) is -0.185. The molecule has 0 bridgehead atoms. The quantitative estimate of drug-likeness (QED) is 0.803. The Kier molecular flexibility index (Phi) is 5.65. The minimum absolute atomic E-state index is 0.0585. The summed E-state index contributed by atoms with van der Waals surface area (Å²) < 4.78 is 26.8. The van der Waals surface area contributed by atoms with E-state index in [-0.39, 0.29) is 11.7 Å². The van der Waals surface area contributed by atoms with Gasteiger partial charge in [0, 0.05) is 36.8 Å². The van der Waals surface area contributed by atoms with Gasteiger partial charge in [0.15, 0.2) is 0 Å². The average Bonchev–Trinajstić information content (AvgIpc) is 2.63. The Hall–Kier alpha value is -1.89. The van der Waals surface area contributed by atoms with Crippen molar-refractivity contribution in [3.63, 3.8) is 0 Å². The average molecular weight is 393 g/mol. The van der Waals surface area contributed by atoms with Crippen LogP contribution in [-0.2, 0) is 15.8 Å². The van der Waals surface area contributed by atoms with Gasteiger partial charge in [-0.1, -0.05) is 47.5 Å². The van der Waals surface area contributed by atoms with Crippen LogP contribution in [0, 0.1) is 6.92 Å². The minimum atomic E-state index is -3.47. The summed E-state index contributed by atoms with van der Waals surface area (Å²) in [6.07, 6.45) is 0. The normalized spacial score (nSPS) is 15.8. The summed E-state index contributed by atoms with van der Waals surface area (Å²) in [6.45, 7) is 3.30. The van der Waals surface area contributed by atoms with Crippen LogP contribution in [0.2, 0.25) is 5.02 Å². The van der Waals surface area contributed by atoms with Crippen molar-refractivity contribution in [1.29, 1.82) is 0 Å². The lowest BCUT2D eigenvalue weighted by Crippen LogP contribution is -2.50. The fourth-order valence-corrected chi connectivity index (χ4v) is 4.86. The van der Waals surface area contributed by atoms with Crippen LogP contribution in [0.5, 0.6) is 0 Å². The lowest BCUT2D eigenvalue weighted by atomic mass is 10.1. The van der Waals surface area contributed by atoms with Crippen LogP contribution in [-0.4, -0.2) is 49.7 Å². The van der Waals surface area contributed by atoms with Crippen LogP contribution in [0.25, 0.3) is 0 Å². The van der Waals surface area contributed by atoms with Crippen LogP contribution in [0.3, 0.4) is 0 Å². The highest BCUT2D eigenvalue weighted by molar-refractivity contribution is 7.88. The molecular formula is C19H21ClN2O3S. The number of sulfonamides is 1. The number of rotatable bonds is 4. The Morgan fingerprint density at radius 3 is 2.38 bits per heavy atom. The Labute approximate surface area is 159 Å². The number of aryl methyl sites for hydroxylation is 1. The van der Waals surface area contributed by atoms with Crippen molar-refractivity contribution in [1.82, 2.24) is 9.21 Å². The zero-order valence-electron chi connectivity index (χ0n) is 14.6. The second-order valence-corrected chi connectivity index (χ2v) is 8.78. The molecule has 0 radical (unpaired) electrons. The van der Waals surface area contributed by atoms with Crippen molar-refractivity contribution < 1.29 is 13.2 Å². The first-order valence-corrected chi connectivity index (χ1v) is 10.4. The van der Waals surface area contributed by atoms with E-state index in [1.54, 1.807) is 35.2 Å². The third-order valence-electron chi connectivity index (χ3n) is 4.48. The molecule has 7 heteroatoms. The molecule has 0 saturated carbocycles. The van der Waals surface area contributed by atoms with Gasteiger partial charge in [-0.3, -0.25) is 4.79 Å². The van der Waals surface area contributed by atoms with Gasteiger partial charge >= 0.3 is 0 Å². The SMILES string of the molecule is Cc1cccc(C(=O)N2CCN(S(=O)(=O)Cc3ccccc3Cl)CC2)c1. The highest BCUT2D eigenvalue weighted by Crippen LogP contribution is 2.21. The molecule has 5 nitrogen and oxygen atoms in total. The summed E-state index contributed by atoms with van der Waals surface area (Å²) >= 11 is 6.08. The maximum absolute atomic E-state index is 12.7. The Balaban J connectivity index is 1.64. The molecule has 1 aliphatic rings. The van der Waals surface area contributed by atoms with Crippen molar-refractivity contribution in [2.45, 2.75) is 12.7 Å². The van der Waals surface area contributed by atoms with Gasteiger partial charge in [0.05, 0.1) is 5.75 Å². The Bertz CT molecular complexity index is 907. The first-order valence-electron chi connectivity index (χ1n) is 8.44. The number of piperazine rings is 1. The summed E-state index contributed by atoms with van der Waals surface area (Å²) in [5.41, 5.74) is 2.25. The van der Waals surface area contributed by atoms with E-state index in [2.05, 4.69) is 0 Å². The monoisotopic (exact) mass is 392 g/mol. The van der Waals surface area contributed by atoms with E-state index in [0.717, 1.165) is 5.56 Å². The van der Waals surface area contributed by atoms with E-state index in [9.17, 15) is 13.2 Å². The topological polar surface area (TPSA) is 57.7 Å². The van der Waals surface area contributed by atoms with Gasteiger partial charge in [0.25, 0.3) is 5.91 Å². The predicted molar refractivity (Wildman–Crippen MR) is 103 cm³/mol. The lowest BCUT2D eigenvalue weighted by Gasteiger charge is -2.34. The van der Waals surface area contributed by atoms with E-state index in [1.807, 2.05) is 25.1 Å². The summed E-state index contributed by atoms with van der Waals surface area (Å²) in [7, 11) is -3.47. The largest absolute Gasteiger partial charge is 0.336 e. The molecule has 0 aliphatic carbocycles. The lowest BCUT2D eigenvalue weighted by molar-refractivity contribution is 0.0697. The van der Waals surface area contributed by atoms with Crippen LogP contribution >= 0.6 is 11.6 Å². The number of hydrogen-bond acceptors (Lipinski definition) is 3. The van der Waals surface area contributed by atoms with Crippen molar-refractivity contribution in [2.75, 3.05) is 26.2 Å². The van der Waals surface area contributed by atoms with Gasteiger partial charge in [-0.05, 0) is 30.7 Å². The number of hydrogen-bond donors (Lipinski definition) is 0. The molecule has 0 N–H and O–H groups in total. The molecular weight excluding hydrogens is 372 g/mol. The van der Waals surface area contributed by atoms with Gasteiger partial charge in [-0.2, -0.15) is 4.31 Å². The molecule has 26 heavy (non-hydrogen) atoms. The smallest absolute Gasteiger partial charge is 0.253 e. The van der Waals surface area contributed by atoms with Crippen LogP contribution in [0.4, 0.5) is 0 Å². The van der Waals surface area contributed by atoms with Gasteiger partial charge in [0.2, 0.25) is 10.0 Å². The maximum Gasteiger partial charge on any atom is 0.253 e. The fourth-order valence-electron chi connectivity index (χ4n) is 3.03. The number of carbonyl (C=O) groups is 1. The molecule has 0 unspecified atom stereocenters. The van der Waals surface area contributed by atoms with Crippen LogP contribution in [0.1, 0.15) is 21.5 Å². The van der Waals surface area contributed by atoms with Crippen molar-refractivity contribution >= 4 is 27.5 Å². The third kappa shape index (κ3) is 4.26. The zero-order valence-corrected chi connectivity index (χ0v) is 16.1. The van der Waals surface area contributed by atoms with Crippen LogP contribution < -0.4 is 0 Å². The van der Waals surface area contributed by atoms with E-state index in [0.29, 0.717) is 42.3 Å². The number of halogens is 1. The number of benzene rings is 2. The molecule has 1 heterocycles. The molecule has 1 aliphatic heterocycles. The van der Waals surface area contributed by atoms with Gasteiger partial charge in [-0.15, -0.1) is 0 Å². The second kappa shape index (κ2) is 7.78. The number of nitrogens with zero attached hydrogens (tertiary/aromatic N) is 2. The van der Waals surface area contributed by atoms with Gasteiger partial charge in [-0.25, -0.2) is 8.42 Å². The summed E-state index contributed by atoms with van der Waals surface area (Å²) in [5, 5.41) is 0.448. The Morgan fingerprint density at radius 1 is 1.04 bits per heavy atom. The molecule has 0 atom stereocenters. The third-order valence-corrected chi connectivity index (χ3v) is 6.68. The summed E-state index contributed by atoms with van der Waals surface area (Å²) in [6, 6.07) is 14.4. The van der Waals surface area contributed by atoms with E-state index < -0.39 is 10.0 Å². The van der Waals surface area contributed by atoms with E-state index in [4.69, 9.17) is 11.6 Å². The maximum atomic E-state index is 12.7. The number of carbonyl (C=O) groups excluding carboxylic acids is 1. The van der Waals surface area contributed by atoms with Crippen LogP contribution in [0.15, 0.2) is 48.5 Å². The standard InChI is InChI=1S/C19H21ClN2O3S/c1-15-5-4-7-16(13-15)19(23)21-9-11-22(12-10-21)26(24,25)14-17-6-2-3-8-18(17)20/h2-8,13H,9-12,14H2,1H3. The van der Waals surface area contributed by atoms with Crippen molar-refractivity contribution in [3.8, 4) is 0 Å². The molecule has 1 amide bonds. The highest BCUT2D eigenvalue weighted by Gasteiger charge is 2.29.